The molecule has 1 amide bonds. The van der Waals surface area contributed by atoms with Crippen LogP contribution < -0.4 is 5.32 Å². The normalized spacial score (nSPS) is 18.1. The first-order valence-corrected chi connectivity index (χ1v) is 9.50. The Morgan fingerprint density at radius 1 is 1.24 bits per heavy atom. The summed E-state index contributed by atoms with van der Waals surface area (Å²) in [7, 11) is 0. The molecule has 0 spiro atoms. The van der Waals surface area contributed by atoms with Crippen molar-refractivity contribution in [1.82, 2.24) is 4.90 Å². The summed E-state index contributed by atoms with van der Waals surface area (Å²) in [5.41, 5.74) is 2.09. The smallest absolute Gasteiger partial charge is 0.226 e. The Labute approximate surface area is 152 Å². The number of hydrogen-bond acceptors (Lipinski definition) is 3. The highest BCUT2D eigenvalue weighted by Gasteiger charge is 2.19. The van der Waals surface area contributed by atoms with Crippen molar-refractivity contribution in [3.8, 4) is 0 Å². The summed E-state index contributed by atoms with van der Waals surface area (Å²) in [6.07, 6.45) is 2.73. The fraction of sp³-hybridized carbons (Fsp3) is 0.667. The molecule has 1 atom stereocenters. The van der Waals surface area contributed by atoms with Gasteiger partial charge < -0.3 is 10.4 Å². The van der Waals surface area contributed by atoms with Gasteiger partial charge in [-0.25, -0.2) is 0 Å². The number of carbonyl (C=O) groups is 1. The Morgan fingerprint density at radius 3 is 2.40 bits per heavy atom. The minimum Gasteiger partial charge on any atom is -0.393 e. The van der Waals surface area contributed by atoms with Gasteiger partial charge in [0, 0.05) is 12.2 Å². The molecule has 2 N–H and O–H groups in total. The van der Waals surface area contributed by atoms with Crippen molar-refractivity contribution in [2.24, 2.45) is 11.3 Å². The van der Waals surface area contributed by atoms with E-state index in [1.165, 1.54) is 31.5 Å². The van der Waals surface area contributed by atoms with Crippen LogP contribution in [0.1, 0.15) is 58.9 Å². The summed E-state index contributed by atoms with van der Waals surface area (Å²) in [6.45, 7) is 11.8. The molecular formula is C21H34N2O2. The average Bonchev–Trinajstić information content (AvgIpc) is 2.49. The van der Waals surface area contributed by atoms with Crippen molar-refractivity contribution >= 4 is 11.6 Å². The highest BCUT2D eigenvalue weighted by Crippen LogP contribution is 2.22. The number of aliphatic hydroxyl groups is 1. The van der Waals surface area contributed by atoms with E-state index in [1.807, 2.05) is 12.1 Å². The molecule has 1 heterocycles. The molecule has 0 unspecified atom stereocenters. The number of anilines is 1. The number of likely N-dealkylation sites (tertiary alicyclic amines) is 1. The monoisotopic (exact) mass is 346 g/mol. The minimum atomic E-state index is -0.597. The van der Waals surface area contributed by atoms with Gasteiger partial charge in [0.25, 0.3) is 0 Å². The third-order valence-corrected chi connectivity index (χ3v) is 4.79. The Balaban J connectivity index is 1.78. The van der Waals surface area contributed by atoms with E-state index in [2.05, 4.69) is 50.0 Å². The summed E-state index contributed by atoms with van der Waals surface area (Å²) >= 11 is 0. The van der Waals surface area contributed by atoms with Crippen LogP contribution in [0.15, 0.2) is 24.3 Å². The zero-order valence-electron chi connectivity index (χ0n) is 16.2. The molecule has 1 aromatic carbocycles. The van der Waals surface area contributed by atoms with Gasteiger partial charge in [-0.15, -0.1) is 0 Å². The quantitative estimate of drug-likeness (QED) is 0.817. The number of amides is 1. The molecular weight excluding hydrogens is 312 g/mol. The van der Waals surface area contributed by atoms with Crippen molar-refractivity contribution in [2.45, 2.75) is 66.0 Å². The lowest BCUT2D eigenvalue weighted by Gasteiger charge is -2.30. The van der Waals surface area contributed by atoms with Crippen molar-refractivity contribution < 1.29 is 9.90 Å². The van der Waals surface area contributed by atoms with Crippen molar-refractivity contribution in [3.05, 3.63) is 29.8 Å². The SMILES string of the molecule is CC1CCN(Cc2ccc(NC(=O)C[C@H](O)CC(C)(C)C)cc2)CC1. The number of rotatable bonds is 6. The standard InChI is InChI=1S/C21H34N2O2/c1-16-9-11-23(12-10-16)15-17-5-7-18(8-6-17)22-20(25)13-19(24)14-21(2,3)4/h5-8,16,19,24H,9-15H2,1-4H3,(H,22,25)/t19-/m0/s1. The Bertz CT molecular complexity index is 540. The first-order valence-electron chi connectivity index (χ1n) is 9.50. The van der Waals surface area contributed by atoms with Crippen LogP contribution in [0.2, 0.25) is 0 Å². The predicted octanol–water partition coefficient (Wildman–Crippen LogP) is 4.04. The molecule has 1 aliphatic rings. The lowest BCUT2D eigenvalue weighted by atomic mass is 9.88. The van der Waals surface area contributed by atoms with Crippen LogP contribution in [-0.4, -0.2) is 35.1 Å². The molecule has 2 rings (SSSR count). The van der Waals surface area contributed by atoms with E-state index >= 15 is 0 Å². The van der Waals surface area contributed by atoms with E-state index in [1.54, 1.807) is 0 Å². The first kappa shape index (κ1) is 19.9. The molecule has 1 aliphatic heterocycles. The van der Waals surface area contributed by atoms with Gasteiger partial charge in [-0.05, 0) is 61.4 Å². The number of carbonyl (C=O) groups excluding carboxylic acids is 1. The number of benzene rings is 1. The van der Waals surface area contributed by atoms with Crippen molar-refractivity contribution in [1.29, 1.82) is 0 Å². The van der Waals surface area contributed by atoms with E-state index in [4.69, 9.17) is 0 Å². The molecule has 0 aliphatic carbocycles. The van der Waals surface area contributed by atoms with Crippen molar-refractivity contribution in [2.75, 3.05) is 18.4 Å². The minimum absolute atomic E-state index is 0.0214. The van der Waals surface area contributed by atoms with Crippen LogP contribution in [0.5, 0.6) is 0 Å². The van der Waals surface area contributed by atoms with E-state index in [0.717, 1.165) is 18.2 Å². The molecule has 0 aromatic heterocycles. The third kappa shape index (κ3) is 7.57. The molecule has 140 valence electrons. The maximum absolute atomic E-state index is 12.1. The number of aliphatic hydroxyl groups excluding tert-OH is 1. The molecule has 1 fully saturated rings. The largest absolute Gasteiger partial charge is 0.393 e. The van der Waals surface area contributed by atoms with Crippen LogP contribution in [0.3, 0.4) is 0 Å². The van der Waals surface area contributed by atoms with Crippen LogP contribution in [0.4, 0.5) is 5.69 Å². The number of nitrogens with one attached hydrogen (secondary N) is 1. The summed E-state index contributed by atoms with van der Waals surface area (Å²) in [4.78, 5) is 14.6. The topological polar surface area (TPSA) is 52.6 Å². The second-order valence-electron chi connectivity index (χ2n) is 8.83. The molecule has 4 heteroatoms. The summed E-state index contributed by atoms with van der Waals surface area (Å²) in [5.74, 6) is 0.719. The fourth-order valence-corrected chi connectivity index (χ4v) is 3.38. The van der Waals surface area contributed by atoms with Gasteiger partial charge in [-0.1, -0.05) is 39.8 Å². The molecule has 1 saturated heterocycles. The highest BCUT2D eigenvalue weighted by atomic mass is 16.3. The second-order valence-corrected chi connectivity index (χ2v) is 8.83. The molecule has 4 nitrogen and oxygen atoms in total. The van der Waals surface area contributed by atoms with Gasteiger partial charge in [-0.2, -0.15) is 0 Å². The second kappa shape index (κ2) is 8.81. The average molecular weight is 347 g/mol. The van der Waals surface area contributed by atoms with Gasteiger partial charge in [-0.3, -0.25) is 9.69 Å². The van der Waals surface area contributed by atoms with Gasteiger partial charge in [0.2, 0.25) is 5.91 Å². The Morgan fingerprint density at radius 2 is 1.84 bits per heavy atom. The number of nitrogens with zero attached hydrogens (tertiary/aromatic N) is 1. The highest BCUT2D eigenvalue weighted by molar-refractivity contribution is 5.90. The number of hydrogen-bond donors (Lipinski definition) is 2. The first-order chi connectivity index (χ1) is 11.7. The Hall–Kier alpha value is -1.39. The molecule has 0 saturated carbocycles. The molecule has 1 aromatic rings. The fourth-order valence-electron chi connectivity index (χ4n) is 3.38. The van der Waals surface area contributed by atoms with E-state index in [0.29, 0.717) is 6.42 Å². The zero-order valence-corrected chi connectivity index (χ0v) is 16.2. The van der Waals surface area contributed by atoms with Gasteiger partial charge in [0.15, 0.2) is 0 Å². The molecule has 25 heavy (non-hydrogen) atoms. The van der Waals surface area contributed by atoms with E-state index in [-0.39, 0.29) is 17.7 Å². The lowest BCUT2D eigenvalue weighted by Crippen LogP contribution is -2.32. The predicted molar refractivity (Wildman–Crippen MR) is 103 cm³/mol. The van der Waals surface area contributed by atoms with Crippen LogP contribution in [0.25, 0.3) is 0 Å². The lowest BCUT2D eigenvalue weighted by molar-refractivity contribution is -0.118. The van der Waals surface area contributed by atoms with Crippen molar-refractivity contribution in [3.63, 3.8) is 0 Å². The van der Waals surface area contributed by atoms with Gasteiger partial charge in [0.05, 0.1) is 12.5 Å². The molecule has 0 bridgehead atoms. The maximum Gasteiger partial charge on any atom is 0.226 e. The molecule has 0 radical (unpaired) electrons. The van der Waals surface area contributed by atoms with Crippen LogP contribution in [0, 0.1) is 11.3 Å². The number of piperidine rings is 1. The van der Waals surface area contributed by atoms with Gasteiger partial charge in [0.1, 0.15) is 0 Å². The zero-order chi connectivity index (χ0) is 18.4. The van der Waals surface area contributed by atoms with Crippen LogP contribution >= 0.6 is 0 Å². The van der Waals surface area contributed by atoms with E-state index in [9.17, 15) is 9.90 Å². The Kier molecular flexibility index (Phi) is 7.03. The van der Waals surface area contributed by atoms with E-state index < -0.39 is 6.10 Å². The van der Waals surface area contributed by atoms with Gasteiger partial charge >= 0.3 is 0 Å². The summed E-state index contributed by atoms with van der Waals surface area (Å²) in [5, 5.41) is 12.9. The van der Waals surface area contributed by atoms with Crippen LogP contribution in [-0.2, 0) is 11.3 Å². The maximum atomic E-state index is 12.1. The third-order valence-electron chi connectivity index (χ3n) is 4.79. The summed E-state index contributed by atoms with van der Waals surface area (Å²) in [6, 6.07) is 8.07. The summed E-state index contributed by atoms with van der Waals surface area (Å²) < 4.78 is 0.